The number of Topliss-reactive ketones (excluding diaryl/α,β-unsaturated/α-hetero) is 1. The maximum Gasteiger partial charge on any atom is 0.324 e. The van der Waals surface area contributed by atoms with Crippen molar-refractivity contribution in [3.05, 3.63) is 47.3 Å². The second-order valence-electron chi connectivity index (χ2n) is 6.01. The topological polar surface area (TPSA) is 98.8 Å². The molecule has 0 spiro atoms. The summed E-state index contributed by atoms with van der Waals surface area (Å²) in [4.78, 5) is 24.7. The number of ketones is 1. The van der Waals surface area contributed by atoms with E-state index in [9.17, 15) is 18.0 Å². The van der Waals surface area contributed by atoms with Gasteiger partial charge in [-0.25, -0.2) is 8.42 Å². The Kier molecular flexibility index (Phi) is 7.11. The maximum absolute atomic E-state index is 12.4. The molecule has 9 heteroatoms. The molecular formula is C18H21NO6S2. The van der Waals surface area contributed by atoms with Gasteiger partial charge in [0, 0.05) is 0 Å². The van der Waals surface area contributed by atoms with Gasteiger partial charge in [0.2, 0.25) is 5.78 Å². The Bertz CT molecular complexity index is 890. The summed E-state index contributed by atoms with van der Waals surface area (Å²) in [6.07, 6.45) is 0. The minimum Gasteiger partial charge on any atom is -0.496 e. The van der Waals surface area contributed by atoms with Gasteiger partial charge >= 0.3 is 5.97 Å². The molecule has 0 unspecified atom stereocenters. The molecule has 0 radical (unpaired) electrons. The van der Waals surface area contributed by atoms with Gasteiger partial charge in [-0.05, 0) is 29.5 Å². The first kappa shape index (κ1) is 21.1. The Morgan fingerprint density at radius 3 is 2.44 bits per heavy atom. The molecule has 0 saturated carbocycles. The van der Waals surface area contributed by atoms with Crippen LogP contribution in [0.2, 0.25) is 0 Å². The molecule has 1 heterocycles. The lowest BCUT2D eigenvalue weighted by Gasteiger charge is -2.20. The zero-order chi connectivity index (χ0) is 20.0. The molecule has 0 saturated heterocycles. The lowest BCUT2D eigenvalue weighted by molar-refractivity contribution is -0.145. The van der Waals surface area contributed by atoms with Crippen LogP contribution in [0.1, 0.15) is 24.2 Å². The molecule has 2 rings (SSSR count). The zero-order valence-corrected chi connectivity index (χ0v) is 16.8. The zero-order valence-electron chi connectivity index (χ0n) is 15.2. The summed E-state index contributed by atoms with van der Waals surface area (Å²) >= 11 is 1.04. The maximum atomic E-state index is 12.4. The number of rotatable bonds is 9. The van der Waals surface area contributed by atoms with Crippen molar-refractivity contribution < 1.29 is 27.5 Å². The van der Waals surface area contributed by atoms with Crippen molar-refractivity contribution in [1.29, 1.82) is 0 Å². The number of ether oxygens (including phenoxy) is 2. The van der Waals surface area contributed by atoms with Gasteiger partial charge in [-0.2, -0.15) is 4.72 Å². The highest BCUT2D eigenvalue weighted by Crippen LogP contribution is 2.19. The molecule has 2 aromatic rings. The summed E-state index contributed by atoms with van der Waals surface area (Å²) in [6, 6.07) is 8.52. The van der Waals surface area contributed by atoms with Crippen LogP contribution in [-0.2, 0) is 19.6 Å². The predicted octanol–water partition coefficient (Wildman–Crippen LogP) is 2.49. The van der Waals surface area contributed by atoms with E-state index in [2.05, 4.69) is 4.72 Å². The first-order valence-electron chi connectivity index (χ1n) is 8.15. The predicted molar refractivity (Wildman–Crippen MR) is 102 cm³/mol. The smallest absolute Gasteiger partial charge is 0.324 e. The molecule has 0 aliphatic rings. The fraction of sp³-hybridized carbons (Fsp3) is 0.333. The lowest BCUT2D eigenvalue weighted by Crippen LogP contribution is -2.45. The highest BCUT2D eigenvalue weighted by Gasteiger charge is 2.30. The third-order valence-electron chi connectivity index (χ3n) is 3.72. The van der Waals surface area contributed by atoms with Crippen LogP contribution in [0.5, 0.6) is 5.75 Å². The normalized spacial score (nSPS) is 12.6. The number of carbonyl (C=O) groups excluding carboxylic acids is 2. The molecule has 1 atom stereocenters. The Morgan fingerprint density at radius 1 is 1.15 bits per heavy atom. The van der Waals surface area contributed by atoms with Gasteiger partial charge in [-0.15, -0.1) is 11.3 Å². The van der Waals surface area contributed by atoms with Gasteiger partial charge in [0.25, 0.3) is 10.0 Å². The molecule has 146 valence electrons. The van der Waals surface area contributed by atoms with Crippen molar-refractivity contribution >= 4 is 33.1 Å². The van der Waals surface area contributed by atoms with Crippen molar-refractivity contribution in [3.63, 3.8) is 0 Å². The van der Waals surface area contributed by atoms with E-state index < -0.39 is 34.4 Å². The number of benzene rings is 1. The standard InChI is InChI=1S/C18H21NO6S2/c1-12(2)17(19-27(22,23)16-9-6-10-26-16)18(21)25-11-14(20)13-7-4-5-8-15(13)24-3/h4-10,12,17,19H,11H2,1-3H3/t17-/m1/s1. The van der Waals surface area contributed by atoms with E-state index in [-0.39, 0.29) is 15.7 Å². The van der Waals surface area contributed by atoms with Crippen LogP contribution in [0.25, 0.3) is 0 Å². The number of thiophene rings is 1. The SMILES string of the molecule is COc1ccccc1C(=O)COC(=O)[C@H](NS(=O)(=O)c1cccs1)C(C)C. The van der Waals surface area contributed by atoms with Crippen LogP contribution >= 0.6 is 11.3 Å². The molecule has 1 aromatic carbocycles. The lowest BCUT2D eigenvalue weighted by atomic mass is 10.1. The van der Waals surface area contributed by atoms with Gasteiger partial charge in [0.15, 0.2) is 6.61 Å². The van der Waals surface area contributed by atoms with E-state index in [4.69, 9.17) is 9.47 Å². The summed E-state index contributed by atoms with van der Waals surface area (Å²) in [6.45, 7) is 2.86. The van der Waals surface area contributed by atoms with Crippen molar-refractivity contribution in [2.45, 2.75) is 24.1 Å². The third kappa shape index (κ3) is 5.38. The average Bonchev–Trinajstić information content (AvgIpc) is 3.19. The summed E-state index contributed by atoms with van der Waals surface area (Å²) in [5.41, 5.74) is 0.285. The second-order valence-corrected chi connectivity index (χ2v) is 8.89. The number of esters is 1. The van der Waals surface area contributed by atoms with E-state index in [0.717, 1.165) is 11.3 Å². The molecule has 1 aromatic heterocycles. The molecule has 0 bridgehead atoms. The van der Waals surface area contributed by atoms with Gasteiger partial charge < -0.3 is 9.47 Å². The molecule has 27 heavy (non-hydrogen) atoms. The van der Waals surface area contributed by atoms with E-state index >= 15 is 0 Å². The molecule has 0 aliphatic heterocycles. The summed E-state index contributed by atoms with van der Waals surface area (Å²) in [7, 11) is -2.41. The van der Waals surface area contributed by atoms with Crippen LogP contribution in [-0.4, -0.2) is 39.9 Å². The molecule has 0 aliphatic carbocycles. The highest BCUT2D eigenvalue weighted by molar-refractivity contribution is 7.91. The fourth-order valence-electron chi connectivity index (χ4n) is 2.28. The molecule has 0 amide bonds. The molecular weight excluding hydrogens is 390 g/mol. The average molecular weight is 412 g/mol. The number of nitrogens with one attached hydrogen (secondary N) is 1. The summed E-state index contributed by atoms with van der Waals surface area (Å²) in [5.74, 6) is -1.25. The Balaban J connectivity index is 2.06. The fourth-order valence-corrected chi connectivity index (χ4v) is 4.62. The minimum absolute atomic E-state index is 0.103. The van der Waals surface area contributed by atoms with Crippen molar-refractivity contribution in [3.8, 4) is 5.75 Å². The molecule has 0 fully saturated rings. The van der Waals surface area contributed by atoms with Crippen LogP contribution in [0.15, 0.2) is 46.0 Å². The van der Waals surface area contributed by atoms with Crippen LogP contribution in [0, 0.1) is 5.92 Å². The van der Waals surface area contributed by atoms with Crippen LogP contribution in [0.3, 0.4) is 0 Å². The van der Waals surface area contributed by atoms with E-state index in [0.29, 0.717) is 5.75 Å². The number of hydrogen-bond donors (Lipinski definition) is 1. The van der Waals surface area contributed by atoms with E-state index in [1.54, 1.807) is 49.6 Å². The first-order chi connectivity index (χ1) is 12.8. The Hall–Kier alpha value is -2.23. The number of carbonyl (C=O) groups is 2. The summed E-state index contributed by atoms with van der Waals surface area (Å²) < 4.78 is 37.4. The minimum atomic E-state index is -3.84. The summed E-state index contributed by atoms with van der Waals surface area (Å²) in [5, 5.41) is 1.63. The highest BCUT2D eigenvalue weighted by atomic mass is 32.2. The third-order valence-corrected chi connectivity index (χ3v) is 6.55. The van der Waals surface area contributed by atoms with Crippen molar-refractivity contribution in [2.75, 3.05) is 13.7 Å². The van der Waals surface area contributed by atoms with E-state index in [1.807, 2.05) is 0 Å². The first-order valence-corrected chi connectivity index (χ1v) is 10.5. The van der Waals surface area contributed by atoms with Crippen LogP contribution in [0.4, 0.5) is 0 Å². The van der Waals surface area contributed by atoms with E-state index in [1.165, 1.54) is 13.2 Å². The number of sulfonamides is 1. The monoisotopic (exact) mass is 411 g/mol. The van der Waals surface area contributed by atoms with Crippen molar-refractivity contribution in [1.82, 2.24) is 4.72 Å². The van der Waals surface area contributed by atoms with Gasteiger partial charge in [0.1, 0.15) is 16.0 Å². The van der Waals surface area contributed by atoms with Crippen LogP contribution < -0.4 is 9.46 Å². The molecule has 1 N–H and O–H groups in total. The van der Waals surface area contributed by atoms with Crippen molar-refractivity contribution in [2.24, 2.45) is 5.92 Å². The second kappa shape index (κ2) is 9.12. The Morgan fingerprint density at radius 2 is 1.85 bits per heavy atom. The largest absolute Gasteiger partial charge is 0.496 e. The molecule has 7 nitrogen and oxygen atoms in total. The van der Waals surface area contributed by atoms with Gasteiger partial charge in [0.05, 0.1) is 12.7 Å². The number of methoxy groups -OCH3 is 1. The Labute approximate surface area is 162 Å². The number of hydrogen-bond acceptors (Lipinski definition) is 7. The number of para-hydroxylation sites is 1. The quantitative estimate of drug-likeness (QED) is 0.503. The van der Waals surface area contributed by atoms with Gasteiger partial charge in [-0.1, -0.05) is 32.0 Å². The van der Waals surface area contributed by atoms with Gasteiger partial charge in [-0.3, -0.25) is 9.59 Å².